The number of allylic oxidation sites excluding steroid dienone is 1. The molecule has 2 aromatic heterocycles. The third-order valence-corrected chi connectivity index (χ3v) is 6.01. The fourth-order valence-electron chi connectivity index (χ4n) is 3.34. The molecule has 0 saturated carbocycles. The van der Waals surface area contributed by atoms with Gasteiger partial charge < -0.3 is 10.4 Å². The molecule has 2 aromatic rings. The maximum Gasteiger partial charge on any atom is 0.326 e. The third kappa shape index (κ3) is 3.80. The molecule has 1 unspecified atom stereocenters. The van der Waals surface area contributed by atoms with E-state index in [-0.39, 0.29) is 12.0 Å². The number of carboxylic acid groups (broad SMARTS) is 1. The van der Waals surface area contributed by atoms with E-state index >= 15 is 0 Å². The van der Waals surface area contributed by atoms with E-state index < -0.39 is 17.9 Å². The molecule has 0 bridgehead atoms. The number of nitrogens with zero attached hydrogens (tertiary/aromatic N) is 2. The second-order valence-electron chi connectivity index (χ2n) is 6.70. The van der Waals surface area contributed by atoms with E-state index in [0.717, 1.165) is 42.8 Å². The maximum absolute atomic E-state index is 12.9. The van der Waals surface area contributed by atoms with Crippen molar-refractivity contribution >= 4 is 33.4 Å². The standard InChI is InChI=1S/C19H23N3O4S/c1-3-4-8-12(19(25)26)20-16(23)15-11(2)14-17(27-15)21-13-9-6-5-7-10-22(13)18(14)24/h3-4,12H,5-10H2,1-2H3,(H,20,23)(H,25,26)/b4-3+. The van der Waals surface area contributed by atoms with E-state index in [9.17, 15) is 19.5 Å². The first-order valence-corrected chi connectivity index (χ1v) is 9.93. The van der Waals surface area contributed by atoms with Crippen LogP contribution in [0, 0.1) is 6.92 Å². The predicted molar refractivity (Wildman–Crippen MR) is 104 cm³/mol. The number of aromatic nitrogens is 2. The van der Waals surface area contributed by atoms with E-state index in [4.69, 9.17) is 0 Å². The number of thiophene rings is 1. The zero-order chi connectivity index (χ0) is 19.6. The fourth-order valence-corrected chi connectivity index (χ4v) is 4.44. The van der Waals surface area contributed by atoms with Crippen LogP contribution in [0.5, 0.6) is 0 Å². The molecule has 0 radical (unpaired) electrons. The summed E-state index contributed by atoms with van der Waals surface area (Å²) < 4.78 is 1.73. The largest absolute Gasteiger partial charge is 0.480 e. The van der Waals surface area contributed by atoms with Gasteiger partial charge in [0.05, 0.1) is 10.3 Å². The Balaban J connectivity index is 1.99. The molecule has 0 aliphatic carbocycles. The van der Waals surface area contributed by atoms with E-state index in [1.807, 2.05) is 0 Å². The van der Waals surface area contributed by atoms with Gasteiger partial charge in [-0.2, -0.15) is 0 Å². The van der Waals surface area contributed by atoms with Crippen molar-refractivity contribution in [3.63, 3.8) is 0 Å². The number of rotatable bonds is 5. The molecule has 1 atom stereocenters. The quantitative estimate of drug-likeness (QED) is 0.766. The number of aliphatic carboxylic acids is 1. The normalized spacial score (nSPS) is 15.5. The monoisotopic (exact) mass is 389 g/mol. The van der Waals surface area contributed by atoms with Crippen LogP contribution >= 0.6 is 11.3 Å². The molecule has 3 heterocycles. The maximum atomic E-state index is 12.9. The molecule has 144 valence electrons. The molecule has 7 nitrogen and oxygen atoms in total. The zero-order valence-corrected chi connectivity index (χ0v) is 16.3. The lowest BCUT2D eigenvalue weighted by Crippen LogP contribution is -2.40. The average Bonchev–Trinajstić information content (AvgIpc) is 2.80. The highest BCUT2D eigenvalue weighted by molar-refractivity contribution is 7.20. The van der Waals surface area contributed by atoms with E-state index in [1.165, 1.54) is 0 Å². The fraction of sp³-hybridized carbons (Fsp3) is 0.474. The van der Waals surface area contributed by atoms with Gasteiger partial charge in [-0.3, -0.25) is 14.2 Å². The summed E-state index contributed by atoms with van der Waals surface area (Å²) in [4.78, 5) is 42.5. The van der Waals surface area contributed by atoms with Crippen LogP contribution in [-0.2, 0) is 17.8 Å². The molecule has 1 aliphatic rings. The smallest absolute Gasteiger partial charge is 0.326 e. The van der Waals surface area contributed by atoms with Crippen molar-refractivity contribution in [3.05, 3.63) is 38.8 Å². The van der Waals surface area contributed by atoms with Crippen molar-refractivity contribution in [2.24, 2.45) is 0 Å². The van der Waals surface area contributed by atoms with E-state index in [1.54, 1.807) is 30.6 Å². The van der Waals surface area contributed by atoms with Gasteiger partial charge in [-0.1, -0.05) is 18.6 Å². The first-order valence-electron chi connectivity index (χ1n) is 9.11. The Kier molecular flexibility index (Phi) is 5.74. The van der Waals surface area contributed by atoms with Crippen LogP contribution in [0.4, 0.5) is 0 Å². The second kappa shape index (κ2) is 8.04. The number of hydrogen-bond donors (Lipinski definition) is 2. The minimum atomic E-state index is -1.09. The lowest BCUT2D eigenvalue weighted by Gasteiger charge is -2.12. The first-order chi connectivity index (χ1) is 12.9. The predicted octanol–water partition coefficient (Wildman–Crippen LogP) is 2.64. The summed E-state index contributed by atoms with van der Waals surface area (Å²) in [5.41, 5.74) is 0.466. The summed E-state index contributed by atoms with van der Waals surface area (Å²) in [6, 6.07) is -1.01. The lowest BCUT2D eigenvalue weighted by molar-refractivity contribution is -0.139. The highest BCUT2D eigenvalue weighted by Crippen LogP contribution is 2.28. The Morgan fingerprint density at radius 1 is 1.37 bits per heavy atom. The Bertz CT molecular complexity index is 973. The molecule has 3 rings (SSSR count). The van der Waals surface area contributed by atoms with Crippen LogP contribution in [0.15, 0.2) is 16.9 Å². The minimum absolute atomic E-state index is 0.103. The Morgan fingerprint density at radius 2 is 2.15 bits per heavy atom. The van der Waals surface area contributed by atoms with Gasteiger partial charge in [0.2, 0.25) is 0 Å². The van der Waals surface area contributed by atoms with E-state index in [0.29, 0.717) is 27.2 Å². The summed E-state index contributed by atoms with van der Waals surface area (Å²) in [5.74, 6) is -0.799. The van der Waals surface area contributed by atoms with Crippen LogP contribution in [0.25, 0.3) is 10.2 Å². The molecule has 0 aromatic carbocycles. The molecule has 8 heteroatoms. The molecule has 0 fully saturated rings. The molecule has 2 N–H and O–H groups in total. The van der Waals surface area contributed by atoms with Gasteiger partial charge >= 0.3 is 5.97 Å². The van der Waals surface area contributed by atoms with Crippen molar-refractivity contribution in [1.82, 2.24) is 14.9 Å². The van der Waals surface area contributed by atoms with Crippen molar-refractivity contribution in [1.29, 1.82) is 0 Å². The zero-order valence-electron chi connectivity index (χ0n) is 15.4. The van der Waals surface area contributed by atoms with Crippen LogP contribution < -0.4 is 10.9 Å². The van der Waals surface area contributed by atoms with Crippen molar-refractivity contribution < 1.29 is 14.7 Å². The highest BCUT2D eigenvalue weighted by atomic mass is 32.1. The summed E-state index contributed by atoms with van der Waals surface area (Å²) in [7, 11) is 0. The third-order valence-electron chi connectivity index (χ3n) is 4.83. The van der Waals surface area contributed by atoms with Crippen molar-refractivity contribution in [2.45, 2.75) is 58.5 Å². The summed E-state index contributed by atoms with van der Waals surface area (Å²) in [6.07, 6.45) is 7.42. The Hall–Kier alpha value is -2.48. The second-order valence-corrected chi connectivity index (χ2v) is 7.70. The number of amides is 1. The van der Waals surface area contributed by atoms with Crippen LogP contribution in [-0.4, -0.2) is 32.6 Å². The Labute approximate surface area is 160 Å². The Morgan fingerprint density at radius 3 is 2.85 bits per heavy atom. The van der Waals surface area contributed by atoms with Crippen molar-refractivity contribution in [2.75, 3.05) is 0 Å². The summed E-state index contributed by atoms with van der Waals surface area (Å²) in [5, 5.41) is 12.3. The molecular formula is C19H23N3O4S. The number of carbonyl (C=O) groups excluding carboxylic acids is 1. The molecule has 1 amide bonds. The molecule has 27 heavy (non-hydrogen) atoms. The van der Waals surface area contributed by atoms with Crippen LogP contribution in [0.2, 0.25) is 0 Å². The van der Waals surface area contributed by atoms with Gasteiger partial charge in [0.15, 0.2) is 0 Å². The number of carbonyl (C=O) groups is 2. The van der Waals surface area contributed by atoms with Crippen LogP contribution in [0.3, 0.4) is 0 Å². The number of aryl methyl sites for hydroxylation is 2. The minimum Gasteiger partial charge on any atom is -0.480 e. The average molecular weight is 389 g/mol. The van der Waals surface area contributed by atoms with Gasteiger partial charge in [0.25, 0.3) is 11.5 Å². The number of hydrogen-bond acceptors (Lipinski definition) is 5. The highest BCUT2D eigenvalue weighted by Gasteiger charge is 2.25. The number of carboxylic acids is 1. The summed E-state index contributed by atoms with van der Waals surface area (Å²) in [6.45, 7) is 4.17. The molecule has 0 spiro atoms. The van der Waals surface area contributed by atoms with E-state index in [2.05, 4.69) is 10.3 Å². The molecule has 0 saturated heterocycles. The number of nitrogens with one attached hydrogen (secondary N) is 1. The van der Waals surface area contributed by atoms with Gasteiger partial charge in [-0.25, -0.2) is 9.78 Å². The summed E-state index contributed by atoms with van der Waals surface area (Å²) >= 11 is 1.16. The molecular weight excluding hydrogens is 366 g/mol. The van der Waals surface area contributed by atoms with Crippen molar-refractivity contribution in [3.8, 4) is 0 Å². The lowest BCUT2D eigenvalue weighted by atomic mass is 10.1. The van der Waals surface area contributed by atoms with Gasteiger partial charge in [0.1, 0.15) is 16.7 Å². The number of fused-ring (bicyclic) bond motifs is 2. The SMILES string of the molecule is C/C=C/CC(NC(=O)c1sc2nc3n(c(=O)c2c1C)CCCCC3)C(=O)O. The first kappa shape index (κ1) is 19.3. The van der Waals surface area contributed by atoms with Gasteiger partial charge in [-0.15, -0.1) is 11.3 Å². The van der Waals surface area contributed by atoms with Crippen LogP contribution in [0.1, 0.15) is 53.7 Å². The molecule has 1 aliphatic heterocycles. The topological polar surface area (TPSA) is 101 Å². The van der Waals surface area contributed by atoms with Gasteiger partial charge in [0, 0.05) is 13.0 Å². The van der Waals surface area contributed by atoms with Gasteiger partial charge in [-0.05, 0) is 38.7 Å².